The van der Waals surface area contributed by atoms with E-state index in [-0.39, 0.29) is 5.91 Å². The minimum Gasteiger partial charge on any atom is -0.480 e. The molecule has 1 saturated heterocycles. The standard InChI is InChI=1S/C9H10N2O3S/c12-8-2-1-7(9(13)14)11(8)4-6-3-10-5-15-6/h3,5,7H,1-2,4H2,(H,13,14). The number of carbonyl (C=O) groups excluding carboxylic acids is 1. The second-order valence-corrected chi connectivity index (χ2v) is 4.35. The molecule has 0 aromatic carbocycles. The lowest BCUT2D eigenvalue weighted by Crippen LogP contribution is -2.37. The van der Waals surface area contributed by atoms with E-state index in [0.717, 1.165) is 4.88 Å². The lowest BCUT2D eigenvalue weighted by atomic mass is 10.2. The van der Waals surface area contributed by atoms with Crippen molar-refractivity contribution in [1.29, 1.82) is 0 Å². The molecule has 1 amide bonds. The number of hydrogen-bond donors (Lipinski definition) is 1. The van der Waals surface area contributed by atoms with Crippen LogP contribution in [0.25, 0.3) is 0 Å². The highest BCUT2D eigenvalue weighted by Crippen LogP contribution is 2.22. The molecule has 2 rings (SSSR count). The van der Waals surface area contributed by atoms with E-state index in [1.165, 1.54) is 16.2 Å². The molecule has 1 N–H and O–H groups in total. The molecule has 1 fully saturated rings. The Hall–Kier alpha value is -1.43. The third-order valence-electron chi connectivity index (χ3n) is 2.42. The number of likely N-dealkylation sites (tertiary alicyclic amines) is 1. The average Bonchev–Trinajstić information content (AvgIpc) is 2.78. The number of aliphatic carboxylic acids is 1. The van der Waals surface area contributed by atoms with Gasteiger partial charge in [-0.3, -0.25) is 9.78 Å². The Kier molecular flexibility index (Phi) is 2.68. The minimum absolute atomic E-state index is 0.0872. The molecule has 2 heterocycles. The van der Waals surface area contributed by atoms with Gasteiger partial charge in [0.1, 0.15) is 6.04 Å². The summed E-state index contributed by atoms with van der Waals surface area (Å²) >= 11 is 1.43. The normalized spacial score (nSPS) is 20.9. The molecule has 0 aliphatic carbocycles. The Morgan fingerprint density at radius 2 is 2.53 bits per heavy atom. The van der Waals surface area contributed by atoms with Crippen LogP contribution in [0.5, 0.6) is 0 Å². The van der Waals surface area contributed by atoms with Crippen molar-refractivity contribution in [3.05, 3.63) is 16.6 Å². The molecule has 1 aromatic heterocycles. The van der Waals surface area contributed by atoms with Crippen molar-refractivity contribution in [2.75, 3.05) is 0 Å². The molecule has 1 atom stereocenters. The van der Waals surface area contributed by atoms with Crippen LogP contribution in [0, 0.1) is 0 Å². The molecule has 1 unspecified atom stereocenters. The number of nitrogens with zero attached hydrogens (tertiary/aromatic N) is 2. The quantitative estimate of drug-likeness (QED) is 0.824. The fourth-order valence-electron chi connectivity index (χ4n) is 1.68. The maximum Gasteiger partial charge on any atom is 0.326 e. The molecule has 0 spiro atoms. The summed E-state index contributed by atoms with van der Waals surface area (Å²) < 4.78 is 0. The zero-order chi connectivity index (χ0) is 10.8. The van der Waals surface area contributed by atoms with Crippen molar-refractivity contribution in [3.63, 3.8) is 0 Å². The fraction of sp³-hybridized carbons (Fsp3) is 0.444. The van der Waals surface area contributed by atoms with Crippen molar-refractivity contribution in [1.82, 2.24) is 9.88 Å². The molecule has 1 aliphatic heterocycles. The van der Waals surface area contributed by atoms with E-state index in [4.69, 9.17) is 5.11 Å². The molecule has 0 bridgehead atoms. The van der Waals surface area contributed by atoms with Crippen molar-refractivity contribution < 1.29 is 14.7 Å². The van der Waals surface area contributed by atoms with Gasteiger partial charge in [0, 0.05) is 17.5 Å². The summed E-state index contributed by atoms with van der Waals surface area (Å²) in [7, 11) is 0. The first-order valence-electron chi connectivity index (χ1n) is 4.58. The minimum atomic E-state index is -0.926. The number of carbonyl (C=O) groups is 2. The van der Waals surface area contributed by atoms with E-state index >= 15 is 0 Å². The van der Waals surface area contributed by atoms with E-state index in [9.17, 15) is 9.59 Å². The van der Waals surface area contributed by atoms with Gasteiger partial charge in [0.25, 0.3) is 0 Å². The van der Waals surface area contributed by atoms with Crippen LogP contribution in [-0.4, -0.2) is 32.9 Å². The maximum atomic E-state index is 11.5. The lowest BCUT2D eigenvalue weighted by Gasteiger charge is -2.20. The van der Waals surface area contributed by atoms with Crippen LogP contribution < -0.4 is 0 Å². The van der Waals surface area contributed by atoms with Gasteiger partial charge in [-0.2, -0.15) is 0 Å². The number of amides is 1. The second-order valence-electron chi connectivity index (χ2n) is 3.38. The predicted octanol–water partition coefficient (Wildman–Crippen LogP) is 0.719. The first kappa shape index (κ1) is 10.1. The summed E-state index contributed by atoms with van der Waals surface area (Å²) in [4.78, 5) is 28.6. The largest absolute Gasteiger partial charge is 0.480 e. The van der Waals surface area contributed by atoms with Crippen LogP contribution >= 0.6 is 11.3 Å². The van der Waals surface area contributed by atoms with Gasteiger partial charge in [-0.1, -0.05) is 0 Å². The van der Waals surface area contributed by atoms with Crippen LogP contribution in [0.1, 0.15) is 17.7 Å². The monoisotopic (exact) mass is 226 g/mol. The highest BCUT2D eigenvalue weighted by Gasteiger charge is 2.35. The smallest absolute Gasteiger partial charge is 0.326 e. The molecule has 1 aliphatic rings. The number of thiazole rings is 1. The van der Waals surface area contributed by atoms with Gasteiger partial charge in [-0.05, 0) is 6.42 Å². The Bertz CT molecular complexity index is 377. The molecule has 1 aromatic rings. The third kappa shape index (κ3) is 1.99. The van der Waals surface area contributed by atoms with Crippen molar-refractivity contribution >= 4 is 23.2 Å². The first-order valence-corrected chi connectivity index (χ1v) is 5.46. The number of carboxylic acid groups (broad SMARTS) is 1. The zero-order valence-electron chi connectivity index (χ0n) is 7.92. The Balaban J connectivity index is 2.11. The Labute approximate surface area is 90.4 Å². The van der Waals surface area contributed by atoms with Crippen molar-refractivity contribution in [2.24, 2.45) is 0 Å². The summed E-state index contributed by atoms with van der Waals surface area (Å²) in [5.74, 6) is -1.01. The fourth-order valence-corrected chi connectivity index (χ4v) is 2.27. The predicted molar refractivity (Wildman–Crippen MR) is 53.3 cm³/mol. The second kappa shape index (κ2) is 3.98. The lowest BCUT2D eigenvalue weighted by molar-refractivity contribution is -0.146. The molecular formula is C9H10N2O3S. The maximum absolute atomic E-state index is 11.5. The highest BCUT2D eigenvalue weighted by molar-refractivity contribution is 7.09. The summed E-state index contributed by atoms with van der Waals surface area (Å²) in [6, 6.07) is -0.667. The van der Waals surface area contributed by atoms with Crippen LogP contribution in [-0.2, 0) is 16.1 Å². The van der Waals surface area contributed by atoms with E-state index in [2.05, 4.69) is 4.98 Å². The molecule has 80 valence electrons. The molecule has 5 nitrogen and oxygen atoms in total. The Morgan fingerprint density at radius 3 is 3.13 bits per heavy atom. The van der Waals surface area contributed by atoms with Crippen molar-refractivity contribution in [3.8, 4) is 0 Å². The van der Waals surface area contributed by atoms with Crippen molar-refractivity contribution in [2.45, 2.75) is 25.4 Å². The van der Waals surface area contributed by atoms with E-state index in [1.807, 2.05) is 0 Å². The van der Waals surface area contributed by atoms with Gasteiger partial charge in [-0.25, -0.2) is 4.79 Å². The highest BCUT2D eigenvalue weighted by atomic mass is 32.1. The number of carboxylic acids is 1. The number of hydrogen-bond acceptors (Lipinski definition) is 4. The molecular weight excluding hydrogens is 216 g/mol. The van der Waals surface area contributed by atoms with E-state index < -0.39 is 12.0 Å². The van der Waals surface area contributed by atoms with Gasteiger partial charge >= 0.3 is 5.97 Å². The summed E-state index contributed by atoms with van der Waals surface area (Å²) in [5, 5.41) is 8.92. The van der Waals surface area contributed by atoms with Gasteiger partial charge in [0.05, 0.1) is 12.1 Å². The number of rotatable bonds is 3. The summed E-state index contributed by atoms with van der Waals surface area (Å²) in [5.41, 5.74) is 1.67. The summed E-state index contributed by atoms with van der Waals surface area (Å²) in [6.07, 6.45) is 2.40. The number of aromatic nitrogens is 1. The van der Waals surface area contributed by atoms with Gasteiger partial charge in [-0.15, -0.1) is 11.3 Å². The Morgan fingerprint density at radius 1 is 1.73 bits per heavy atom. The van der Waals surface area contributed by atoms with Gasteiger partial charge in [0.2, 0.25) is 5.91 Å². The first-order chi connectivity index (χ1) is 7.18. The van der Waals surface area contributed by atoms with Crippen LogP contribution in [0.15, 0.2) is 11.7 Å². The van der Waals surface area contributed by atoms with E-state index in [0.29, 0.717) is 19.4 Å². The SMILES string of the molecule is O=C(O)C1CCC(=O)N1Cc1cncs1. The molecule has 0 saturated carbocycles. The topological polar surface area (TPSA) is 70.5 Å². The molecule has 6 heteroatoms. The average molecular weight is 226 g/mol. The van der Waals surface area contributed by atoms with Crippen LogP contribution in [0.4, 0.5) is 0 Å². The van der Waals surface area contributed by atoms with Crippen LogP contribution in [0.3, 0.4) is 0 Å². The van der Waals surface area contributed by atoms with E-state index in [1.54, 1.807) is 11.7 Å². The summed E-state index contributed by atoms with van der Waals surface area (Å²) in [6.45, 7) is 0.362. The van der Waals surface area contributed by atoms with Gasteiger partial charge < -0.3 is 10.0 Å². The molecule has 0 radical (unpaired) electrons. The van der Waals surface area contributed by atoms with Gasteiger partial charge in [0.15, 0.2) is 0 Å². The zero-order valence-corrected chi connectivity index (χ0v) is 8.74. The third-order valence-corrected chi connectivity index (χ3v) is 3.19. The van der Waals surface area contributed by atoms with Crippen LogP contribution in [0.2, 0.25) is 0 Å². The molecule has 15 heavy (non-hydrogen) atoms.